The summed E-state index contributed by atoms with van der Waals surface area (Å²) in [4.78, 5) is 4.74. The van der Waals surface area contributed by atoms with Gasteiger partial charge in [-0.1, -0.05) is 63.7 Å². The van der Waals surface area contributed by atoms with Gasteiger partial charge in [0.05, 0.1) is 5.69 Å². The molecule has 132 valence electrons. The Morgan fingerprint density at radius 2 is 1.88 bits per heavy atom. The Hall–Kier alpha value is -1.86. The minimum atomic E-state index is -0.126. The highest BCUT2D eigenvalue weighted by Crippen LogP contribution is 2.28. The molecule has 0 aliphatic rings. The first-order chi connectivity index (χ1) is 11.9. The predicted molar refractivity (Wildman–Crippen MR) is 105 cm³/mol. The molecule has 0 amide bonds. The molecule has 5 nitrogen and oxygen atoms in total. The molecule has 0 aliphatic carbocycles. The van der Waals surface area contributed by atoms with Crippen molar-refractivity contribution in [2.75, 3.05) is 5.84 Å². The maximum absolute atomic E-state index is 6.13. The first-order valence-corrected chi connectivity index (χ1v) is 10.1. The van der Waals surface area contributed by atoms with Gasteiger partial charge in [-0.15, -0.1) is 21.5 Å². The predicted octanol–water partition coefficient (Wildman–Crippen LogP) is 4.27. The van der Waals surface area contributed by atoms with Crippen LogP contribution in [0.15, 0.2) is 34.8 Å². The normalized spacial score (nSPS) is 11.8. The highest BCUT2D eigenvalue weighted by atomic mass is 32.2. The summed E-state index contributed by atoms with van der Waals surface area (Å²) in [6, 6.07) is 8.60. The lowest BCUT2D eigenvalue weighted by Crippen LogP contribution is -2.24. The van der Waals surface area contributed by atoms with Crippen molar-refractivity contribution in [1.82, 2.24) is 19.9 Å². The van der Waals surface area contributed by atoms with Gasteiger partial charge in [-0.05, 0) is 12.0 Å². The fourth-order valence-electron chi connectivity index (χ4n) is 2.41. The zero-order valence-corrected chi connectivity index (χ0v) is 16.6. The molecular formula is C18H23N5S2. The van der Waals surface area contributed by atoms with Crippen LogP contribution in [-0.4, -0.2) is 19.9 Å². The van der Waals surface area contributed by atoms with Crippen molar-refractivity contribution in [2.45, 2.75) is 50.4 Å². The van der Waals surface area contributed by atoms with E-state index in [0.29, 0.717) is 5.16 Å². The number of rotatable bonds is 5. The number of benzene rings is 1. The highest BCUT2D eigenvalue weighted by Gasteiger charge is 2.23. The molecule has 0 saturated heterocycles. The van der Waals surface area contributed by atoms with Crippen LogP contribution in [0.5, 0.6) is 0 Å². The fourth-order valence-corrected chi connectivity index (χ4v) is 4.09. The van der Waals surface area contributed by atoms with Crippen molar-refractivity contribution in [2.24, 2.45) is 0 Å². The minimum absolute atomic E-state index is 0.126. The molecule has 2 aromatic heterocycles. The van der Waals surface area contributed by atoms with Gasteiger partial charge in [0.1, 0.15) is 5.01 Å². The topological polar surface area (TPSA) is 69.6 Å². The summed E-state index contributed by atoms with van der Waals surface area (Å²) in [5.74, 6) is 7.64. The van der Waals surface area contributed by atoms with E-state index >= 15 is 0 Å². The van der Waals surface area contributed by atoms with Crippen LogP contribution in [0.25, 0.3) is 10.6 Å². The molecule has 0 aliphatic heterocycles. The Morgan fingerprint density at radius 1 is 1.16 bits per heavy atom. The van der Waals surface area contributed by atoms with E-state index < -0.39 is 0 Å². The second-order valence-electron chi connectivity index (χ2n) is 6.91. The fraction of sp³-hybridized carbons (Fsp3) is 0.389. The molecule has 0 radical (unpaired) electrons. The lowest BCUT2D eigenvalue weighted by Gasteiger charge is -2.16. The molecule has 7 heteroatoms. The zero-order chi connectivity index (χ0) is 18.0. The quantitative estimate of drug-likeness (QED) is 0.534. The molecule has 0 unspecified atom stereocenters. The third-order valence-corrected chi connectivity index (χ3v) is 5.76. The van der Waals surface area contributed by atoms with Crippen LogP contribution in [-0.2, 0) is 17.6 Å². The summed E-state index contributed by atoms with van der Waals surface area (Å²) in [6.07, 6.45) is 1.05. The Balaban J connectivity index is 1.69. The molecular weight excluding hydrogens is 350 g/mol. The van der Waals surface area contributed by atoms with E-state index in [4.69, 9.17) is 10.8 Å². The Labute approximate surface area is 156 Å². The van der Waals surface area contributed by atoms with Crippen LogP contribution >= 0.6 is 23.1 Å². The summed E-state index contributed by atoms with van der Waals surface area (Å²) in [5.41, 5.74) is 3.41. The Morgan fingerprint density at radius 3 is 2.48 bits per heavy atom. The van der Waals surface area contributed by atoms with Crippen molar-refractivity contribution in [3.8, 4) is 10.6 Å². The van der Waals surface area contributed by atoms with Gasteiger partial charge >= 0.3 is 0 Å². The smallest absolute Gasteiger partial charge is 0.210 e. The highest BCUT2D eigenvalue weighted by molar-refractivity contribution is 7.98. The number of thioether (sulfide) groups is 1. The van der Waals surface area contributed by atoms with Crippen LogP contribution in [0.1, 0.15) is 44.8 Å². The molecule has 3 rings (SSSR count). The molecule has 0 spiro atoms. The van der Waals surface area contributed by atoms with Gasteiger partial charge in [0.15, 0.2) is 5.82 Å². The molecule has 0 fully saturated rings. The first-order valence-electron chi connectivity index (χ1n) is 8.26. The van der Waals surface area contributed by atoms with Crippen LogP contribution < -0.4 is 5.84 Å². The van der Waals surface area contributed by atoms with Crippen LogP contribution in [0, 0.1) is 0 Å². The SMILES string of the molecule is CCc1ccc(-c2nc(CSc3nnc(C(C)(C)C)n3N)cs2)cc1. The van der Waals surface area contributed by atoms with E-state index in [0.717, 1.165) is 34.3 Å². The standard InChI is InChI=1S/C18H23N5S2/c1-5-12-6-8-13(9-7-12)15-20-14(10-24-15)11-25-17-22-21-16(23(17)19)18(2,3)4/h6-10H,5,11,19H2,1-4H3. The lowest BCUT2D eigenvalue weighted by molar-refractivity contribution is 0.523. The van der Waals surface area contributed by atoms with Crippen LogP contribution in [0.3, 0.4) is 0 Å². The van der Waals surface area contributed by atoms with Gasteiger partial charge in [-0.25, -0.2) is 9.66 Å². The third kappa shape index (κ3) is 4.04. The van der Waals surface area contributed by atoms with Crippen molar-refractivity contribution >= 4 is 23.1 Å². The van der Waals surface area contributed by atoms with Crippen molar-refractivity contribution in [3.63, 3.8) is 0 Å². The van der Waals surface area contributed by atoms with Crippen molar-refractivity contribution in [1.29, 1.82) is 0 Å². The summed E-state index contributed by atoms with van der Waals surface area (Å²) in [7, 11) is 0. The second-order valence-corrected chi connectivity index (χ2v) is 8.71. The van der Waals surface area contributed by atoms with Gasteiger partial charge < -0.3 is 5.84 Å². The largest absolute Gasteiger partial charge is 0.336 e. The summed E-state index contributed by atoms with van der Waals surface area (Å²) in [5, 5.41) is 12.3. The van der Waals surface area contributed by atoms with E-state index in [-0.39, 0.29) is 5.41 Å². The number of aryl methyl sites for hydroxylation is 1. The number of hydrogen-bond acceptors (Lipinski definition) is 6. The summed E-state index contributed by atoms with van der Waals surface area (Å²) in [6.45, 7) is 8.39. The first kappa shape index (κ1) is 17.9. The molecule has 2 N–H and O–H groups in total. The Bertz CT molecular complexity index is 843. The average molecular weight is 374 g/mol. The van der Waals surface area contributed by atoms with Crippen LogP contribution in [0.2, 0.25) is 0 Å². The molecule has 25 heavy (non-hydrogen) atoms. The van der Waals surface area contributed by atoms with E-state index in [9.17, 15) is 0 Å². The number of thiazole rings is 1. The summed E-state index contributed by atoms with van der Waals surface area (Å²) >= 11 is 3.23. The van der Waals surface area contributed by atoms with Gasteiger partial charge in [0, 0.05) is 22.1 Å². The van der Waals surface area contributed by atoms with Crippen LogP contribution in [0.4, 0.5) is 0 Å². The zero-order valence-electron chi connectivity index (χ0n) is 15.0. The number of nitrogen functional groups attached to an aromatic ring is 1. The number of nitrogens with two attached hydrogens (primary N) is 1. The van der Waals surface area contributed by atoms with Gasteiger partial charge in [-0.3, -0.25) is 0 Å². The Kier molecular flexibility index (Phi) is 5.15. The van der Waals surface area contributed by atoms with E-state index in [2.05, 4.69) is 67.5 Å². The lowest BCUT2D eigenvalue weighted by atomic mass is 9.96. The van der Waals surface area contributed by atoms with Gasteiger partial charge in [-0.2, -0.15) is 0 Å². The van der Waals surface area contributed by atoms with E-state index in [1.165, 1.54) is 5.56 Å². The van der Waals surface area contributed by atoms with Crippen molar-refractivity contribution < 1.29 is 0 Å². The maximum atomic E-state index is 6.13. The molecule has 3 aromatic rings. The average Bonchev–Trinajstić information content (AvgIpc) is 3.19. The summed E-state index contributed by atoms with van der Waals surface area (Å²) < 4.78 is 1.58. The molecule has 1 aromatic carbocycles. The molecule has 0 bridgehead atoms. The number of hydrogen-bond donors (Lipinski definition) is 1. The number of nitrogens with zero attached hydrogens (tertiary/aromatic N) is 4. The molecule has 0 atom stereocenters. The van der Waals surface area contributed by atoms with Gasteiger partial charge in [0.25, 0.3) is 0 Å². The monoisotopic (exact) mass is 373 g/mol. The molecule has 2 heterocycles. The van der Waals surface area contributed by atoms with E-state index in [1.54, 1.807) is 27.8 Å². The van der Waals surface area contributed by atoms with Gasteiger partial charge in [0.2, 0.25) is 5.16 Å². The third-order valence-electron chi connectivity index (χ3n) is 3.85. The van der Waals surface area contributed by atoms with Crippen molar-refractivity contribution in [3.05, 3.63) is 46.7 Å². The second kappa shape index (κ2) is 7.17. The number of aromatic nitrogens is 4. The minimum Gasteiger partial charge on any atom is -0.336 e. The molecule has 0 saturated carbocycles. The maximum Gasteiger partial charge on any atom is 0.210 e. The van der Waals surface area contributed by atoms with E-state index in [1.807, 2.05) is 0 Å².